The van der Waals surface area contributed by atoms with E-state index >= 15 is 0 Å². The molecule has 4 N–H and O–H groups in total. The third kappa shape index (κ3) is 6.15. The van der Waals surface area contributed by atoms with Crippen molar-refractivity contribution in [2.24, 2.45) is 5.73 Å². The SMILES string of the molecule is CCCCCCCCCCc1ccc(C(=N)N2CCCC2C(=N)N)cc1. The molecule has 2 rings (SSSR count). The normalized spacial score (nSPS) is 16.8. The Labute approximate surface area is 159 Å². The molecule has 1 aromatic rings. The van der Waals surface area contributed by atoms with Gasteiger partial charge in [0.1, 0.15) is 11.7 Å². The van der Waals surface area contributed by atoms with E-state index in [0.717, 1.165) is 31.4 Å². The summed E-state index contributed by atoms with van der Waals surface area (Å²) in [5, 5.41) is 16.2. The standard InChI is InChI=1S/C22H36N4/c1-2-3-4-5-6-7-8-9-11-18-13-15-19(16-14-18)22(25)26-17-10-12-20(26)21(23)24/h13-16,20,25H,2-12,17H2,1H3,(H3,23,24). The van der Waals surface area contributed by atoms with E-state index in [-0.39, 0.29) is 11.9 Å². The first-order valence-corrected chi connectivity index (χ1v) is 10.4. The van der Waals surface area contributed by atoms with Crippen LogP contribution < -0.4 is 5.73 Å². The molecule has 1 unspecified atom stereocenters. The lowest BCUT2D eigenvalue weighted by Crippen LogP contribution is -2.43. The number of nitrogens with two attached hydrogens (primary N) is 1. The lowest BCUT2D eigenvalue weighted by atomic mass is 10.0. The van der Waals surface area contributed by atoms with Gasteiger partial charge in [-0.25, -0.2) is 0 Å². The highest BCUT2D eigenvalue weighted by atomic mass is 15.2. The molecule has 1 fully saturated rings. The van der Waals surface area contributed by atoms with Crippen LogP contribution in [0, 0.1) is 10.8 Å². The minimum Gasteiger partial charge on any atom is -0.386 e. The molecule has 0 aliphatic carbocycles. The average Bonchev–Trinajstić information content (AvgIpc) is 3.14. The van der Waals surface area contributed by atoms with Gasteiger partial charge in [-0.1, -0.05) is 76.1 Å². The summed E-state index contributed by atoms with van der Waals surface area (Å²) < 4.78 is 0. The topological polar surface area (TPSA) is 77.0 Å². The molecule has 1 saturated heterocycles. The molecule has 0 saturated carbocycles. The van der Waals surface area contributed by atoms with Gasteiger partial charge in [-0.3, -0.25) is 10.8 Å². The molecular formula is C22H36N4. The van der Waals surface area contributed by atoms with Gasteiger partial charge in [-0.05, 0) is 31.2 Å². The Morgan fingerprint density at radius 3 is 2.23 bits per heavy atom. The number of hydrogen-bond acceptors (Lipinski definition) is 2. The van der Waals surface area contributed by atoms with Gasteiger partial charge < -0.3 is 10.6 Å². The zero-order valence-corrected chi connectivity index (χ0v) is 16.4. The number of nitrogens with zero attached hydrogens (tertiary/aromatic N) is 1. The predicted molar refractivity (Wildman–Crippen MR) is 111 cm³/mol. The van der Waals surface area contributed by atoms with Crippen LogP contribution in [0.4, 0.5) is 0 Å². The Kier molecular flexibility index (Phi) is 8.66. The second-order valence-electron chi connectivity index (χ2n) is 7.58. The molecule has 0 spiro atoms. The Hall–Kier alpha value is -1.84. The first-order chi connectivity index (χ1) is 12.6. The fourth-order valence-corrected chi connectivity index (χ4v) is 3.82. The fraction of sp³-hybridized carbons (Fsp3) is 0.636. The molecule has 1 aliphatic rings. The van der Waals surface area contributed by atoms with E-state index in [1.54, 1.807) is 0 Å². The minimum absolute atomic E-state index is 0.0977. The van der Waals surface area contributed by atoms with Crippen molar-refractivity contribution in [2.75, 3.05) is 6.54 Å². The smallest absolute Gasteiger partial charge is 0.128 e. The zero-order chi connectivity index (χ0) is 18.8. The molecule has 4 heteroatoms. The van der Waals surface area contributed by atoms with Gasteiger partial charge >= 0.3 is 0 Å². The van der Waals surface area contributed by atoms with Crippen LogP contribution in [0.15, 0.2) is 24.3 Å². The van der Waals surface area contributed by atoms with Crippen LogP contribution in [0.2, 0.25) is 0 Å². The third-order valence-corrected chi connectivity index (χ3v) is 5.45. The largest absolute Gasteiger partial charge is 0.386 e. The van der Waals surface area contributed by atoms with Crippen molar-refractivity contribution < 1.29 is 0 Å². The Balaban J connectivity index is 1.72. The molecule has 1 aliphatic heterocycles. The maximum atomic E-state index is 8.46. The molecule has 144 valence electrons. The van der Waals surface area contributed by atoms with E-state index in [9.17, 15) is 0 Å². The number of likely N-dealkylation sites (tertiary alicyclic amines) is 1. The van der Waals surface area contributed by atoms with Crippen LogP contribution in [0.25, 0.3) is 0 Å². The van der Waals surface area contributed by atoms with E-state index in [2.05, 4.69) is 31.2 Å². The second kappa shape index (κ2) is 11.0. The highest BCUT2D eigenvalue weighted by Gasteiger charge is 2.29. The fourth-order valence-electron chi connectivity index (χ4n) is 3.82. The summed E-state index contributed by atoms with van der Waals surface area (Å²) in [6, 6.07) is 8.32. The summed E-state index contributed by atoms with van der Waals surface area (Å²) >= 11 is 0. The number of hydrogen-bond donors (Lipinski definition) is 3. The van der Waals surface area contributed by atoms with Gasteiger partial charge in [0.2, 0.25) is 0 Å². The molecule has 1 heterocycles. The van der Waals surface area contributed by atoms with Gasteiger partial charge in [-0.2, -0.15) is 0 Å². The summed E-state index contributed by atoms with van der Waals surface area (Å²) in [6.45, 7) is 3.09. The first kappa shape index (κ1) is 20.5. The highest BCUT2D eigenvalue weighted by Crippen LogP contribution is 2.20. The van der Waals surface area contributed by atoms with Crippen LogP contribution in [-0.2, 0) is 6.42 Å². The predicted octanol–water partition coefficient (Wildman–Crippen LogP) is 5.10. The van der Waals surface area contributed by atoms with E-state index in [4.69, 9.17) is 16.6 Å². The summed E-state index contributed by atoms with van der Waals surface area (Å²) in [5.74, 6) is 0.680. The molecule has 4 nitrogen and oxygen atoms in total. The van der Waals surface area contributed by atoms with E-state index < -0.39 is 0 Å². The third-order valence-electron chi connectivity index (χ3n) is 5.45. The summed E-state index contributed by atoms with van der Waals surface area (Å²) in [5.41, 5.74) is 7.97. The van der Waals surface area contributed by atoms with Crippen molar-refractivity contribution in [2.45, 2.75) is 83.6 Å². The summed E-state index contributed by atoms with van der Waals surface area (Å²) in [4.78, 5) is 1.97. The van der Waals surface area contributed by atoms with Crippen molar-refractivity contribution in [3.05, 3.63) is 35.4 Å². The lowest BCUT2D eigenvalue weighted by molar-refractivity contribution is 0.461. The Morgan fingerprint density at radius 1 is 1.00 bits per heavy atom. The van der Waals surface area contributed by atoms with Crippen molar-refractivity contribution >= 4 is 11.7 Å². The number of rotatable bonds is 11. The highest BCUT2D eigenvalue weighted by molar-refractivity contribution is 5.99. The summed E-state index contributed by atoms with van der Waals surface area (Å²) in [7, 11) is 0. The van der Waals surface area contributed by atoms with Crippen molar-refractivity contribution in [1.82, 2.24) is 4.90 Å². The number of nitrogens with one attached hydrogen (secondary N) is 2. The van der Waals surface area contributed by atoms with Crippen LogP contribution in [-0.4, -0.2) is 29.2 Å². The van der Waals surface area contributed by atoms with Gasteiger partial charge in [0.15, 0.2) is 0 Å². The number of unbranched alkanes of at least 4 members (excludes halogenated alkanes) is 7. The van der Waals surface area contributed by atoms with E-state index in [1.165, 1.54) is 56.9 Å². The molecule has 0 amide bonds. The van der Waals surface area contributed by atoms with Gasteiger partial charge in [0, 0.05) is 12.1 Å². The lowest BCUT2D eigenvalue weighted by Gasteiger charge is -2.26. The van der Waals surface area contributed by atoms with Gasteiger partial charge in [0.25, 0.3) is 0 Å². The van der Waals surface area contributed by atoms with Crippen LogP contribution in [0.5, 0.6) is 0 Å². The first-order valence-electron chi connectivity index (χ1n) is 10.4. The van der Waals surface area contributed by atoms with Crippen LogP contribution in [0.3, 0.4) is 0 Å². The summed E-state index contributed by atoms with van der Waals surface area (Å²) in [6.07, 6.45) is 13.8. The van der Waals surface area contributed by atoms with Crippen molar-refractivity contribution in [1.29, 1.82) is 10.8 Å². The Bertz CT molecular complexity index is 564. The molecule has 0 bridgehead atoms. The van der Waals surface area contributed by atoms with Gasteiger partial charge in [-0.15, -0.1) is 0 Å². The second-order valence-corrected chi connectivity index (χ2v) is 7.58. The maximum absolute atomic E-state index is 8.46. The van der Waals surface area contributed by atoms with E-state index in [0.29, 0.717) is 5.84 Å². The molecule has 26 heavy (non-hydrogen) atoms. The van der Waals surface area contributed by atoms with Crippen molar-refractivity contribution in [3.63, 3.8) is 0 Å². The molecule has 0 radical (unpaired) electrons. The van der Waals surface area contributed by atoms with Crippen molar-refractivity contribution in [3.8, 4) is 0 Å². The number of amidine groups is 2. The monoisotopic (exact) mass is 356 g/mol. The number of benzene rings is 1. The molecular weight excluding hydrogens is 320 g/mol. The van der Waals surface area contributed by atoms with Gasteiger partial charge in [0.05, 0.1) is 6.04 Å². The Morgan fingerprint density at radius 2 is 1.62 bits per heavy atom. The quantitative estimate of drug-likeness (QED) is 0.293. The zero-order valence-electron chi connectivity index (χ0n) is 16.4. The van der Waals surface area contributed by atoms with Crippen LogP contribution >= 0.6 is 0 Å². The molecule has 0 aromatic heterocycles. The molecule has 1 aromatic carbocycles. The maximum Gasteiger partial charge on any atom is 0.128 e. The van der Waals surface area contributed by atoms with Crippen LogP contribution in [0.1, 0.15) is 82.3 Å². The number of aryl methyl sites for hydroxylation is 1. The average molecular weight is 357 g/mol. The molecule has 1 atom stereocenters. The van der Waals surface area contributed by atoms with E-state index in [1.807, 2.05) is 4.90 Å². The minimum atomic E-state index is -0.0977.